The number of fused-ring (bicyclic) bond motifs is 1. The molecule has 3 rings (SSSR count). The maximum Gasteiger partial charge on any atom is 0.364 e. The number of nitrogens with one attached hydrogen (secondary N) is 1. The van der Waals surface area contributed by atoms with Crippen molar-refractivity contribution >= 4 is 21.6 Å². The minimum atomic E-state index is -0.317. The van der Waals surface area contributed by atoms with Crippen molar-refractivity contribution in [3.05, 3.63) is 64.2 Å². The molecule has 5 nitrogen and oxygen atoms in total. The largest absolute Gasteiger partial charge is 0.364 e. The SMILES string of the molecule is O=c1[nH]nc2ccc(CC(Br)c3ccccc3)nn12. The molecule has 0 saturated carbocycles. The van der Waals surface area contributed by atoms with E-state index in [1.165, 1.54) is 10.1 Å². The summed E-state index contributed by atoms with van der Waals surface area (Å²) in [6.45, 7) is 0. The van der Waals surface area contributed by atoms with Gasteiger partial charge in [0.1, 0.15) is 0 Å². The molecule has 1 unspecified atom stereocenters. The van der Waals surface area contributed by atoms with Crippen LogP contribution in [0.3, 0.4) is 0 Å². The molecule has 0 radical (unpaired) electrons. The first-order valence-corrected chi connectivity index (χ1v) is 6.78. The van der Waals surface area contributed by atoms with Gasteiger partial charge in [-0.25, -0.2) is 9.89 Å². The van der Waals surface area contributed by atoms with Crippen LogP contribution in [0.5, 0.6) is 0 Å². The summed E-state index contributed by atoms with van der Waals surface area (Å²) in [6, 6.07) is 13.8. The Balaban J connectivity index is 1.89. The van der Waals surface area contributed by atoms with E-state index in [-0.39, 0.29) is 10.5 Å². The van der Waals surface area contributed by atoms with Gasteiger partial charge < -0.3 is 0 Å². The summed E-state index contributed by atoms with van der Waals surface area (Å²) in [5.74, 6) is 0. The van der Waals surface area contributed by atoms with Gasteiger partial charge in [-0.2, -0.15) is 14.7 Å². The fraction of sp³-hybridized carbons (Fsp3) is 0.154. The van der Waals surface area contributed by atoms with Crippen molar-refractivity contribution in [2.24, 2.45) is 0 Å². The van der Waals surface area contributed by atoms with E-state index in [1.54, 1.807) is 6.07 Å². The Morgan fingerprint density at radius 2 is 2.00 bits per heavy atom. The summed E-state index contributed by atoms with van der Waals surface area (Å²) in [6.07, 6.45) is 0.706. The second kappa shape index (κ2) is 4.97. The van der Waals surface area contributed by atoms with Gasteiger partial charge in [0.15, 0.2) is 5.65 Å². The molecule has 0 aliphatic carbocycles. The van der Waals surface area contributed by atoms with Gasteiger partial charge in [0.25, 0.3) is 0 Å². The van der Waals surface area contributed by atoms with Crippen molar-refractivity contribution in [1.29, 1.82) is 0 Å². The number of hydrogen-bond donors (Lipinski definition) is 1. The Morgan fingerprint density at radius 1 is 1.21 bits per heavy atom. The first-order chi connectivity index (χ1) is 9.24. The van der Waals surface area contributed by atoms with Crippen LogP contribution in [-0.4, -0.2) is 19.8 Å². The number of aromatic nitrogens is 4. The van der Waals surface area contributed by atoms with Crippen molar-refractivity contribution in [2.45, 2.75) is 11.2 Å². The molecule has 0 spiro atoms. The van der Waals surface area contributed by atoms with Gasteiger partial charge >= 0.3 is 5.69 Å². The van der Waals surface area contributed by atoms with Gasteiger partial charge in [0.05, 0.1) is 5.69 Å². The zero-order chi connectivity index (χ0) is 13.2. The van der Waals surface area contributed by atoms with Crippen LogP contribution in [-0.2, 0) is 6.42 Å². The highest BCUT2D eigenvalue weighted by molar-refractivity contribution is 9.09. The molecular formula is C13H11BrN4O. The van der Waals surface area contributed by atoms with E-state index in [0.717, 1.165) is 5.69 Å². The second-order valence-electron chi connectivity index (χ2n) is 4.21. The molecule has 0 aliphatic heterocycles. The predicted octanol–water partition coefficient (Wildman–Crippen LogP) is 2.10. The number of rotatable bonds is 3. The molecule has 0 bridgehead atoms. The van der Waals surface area contributed by atoms with E-state index in [4.69, 9.17) is 0 Å². The number of hydrogen-bond acceptors (Lipinski definition) is 3. The molecule has 0 aliphatic rings. The molecule has 0 fully saturated rings. The summed E-state index contributed by atoms with van der Waals surface area (Å²) < 4.78 is 1.28. The normalized spacial score (nSPS) is 12.7. The van der Waals surface area contributed by atoms with E-state index < -0.39 is 0 Å². The molecule has 1 atom stereocenters. The molecular weight excluding hydrogens is 308 g/mol. The molecule has 0 amide bonds. The zero-order valence-electron chi connectivity index (χ0n) is 9.95. The monoisotopic (exact) mass is 318 g/mol. The molecule has 96 valence electrons. The summed E-state index contributed by atoms with van der Waals surface area (Å²) >= 11 is 3.65. The Kier molecular flexibility index (Phi) is 3.16. The summed E-state index contributed by atoms with van der Waals surface area (Å²) in [4.78, 5) is 11.6. The third-order valence-electron chi connectivity index (χ3n) is 2.88. The average molecular weight is 319 g/mol. The minimum Gasteiger partial charge on any atom is -0.244 e. The van der Waals surface area contributed by atoms with E-state index >= 15 is 0 Å². The molecule has 2 aromatic heterocycles. The highest BCUT2D eigenvalue weighted by Crippen LogP contribution is 2.25. The van der Waals surface area contributed by atoms with Gasteiger partial charge in [-0.3, -0.25) is 0 Å². The van der Waals surface area contributed by atoms with Crippen LogP contribution in [0, 0.1) is 0 Å². The van der Waals surface area contributed by atoms with Crippen molar-refractivity contribution < 1.29 is 0 Å². The standard InChI is InChI=1S/C13H11BrN4O/c14-11(9-4-2-1-3-5-9)8-10-6-7-12-15-16-13(19)18(12)17-10/h1-7,11H,8H2,(H,16,19). The third-order valence-corrected chi connectivity index (χ3v) is 3.73. The van der Waals surface area contributed by atoms with Gasteiger partial charge in [-0.15, -0.1) is 0 Å². The molecule has 0 saturated heterocycles. The number of H-pyrrole nitrogens is 1. The smallest absolute Gasteiger partial charge is 0.244 e. The van der Waals surface area contributed by atoms with Gasteiger partial charge in [-0.1, -0.05) is 46.3 Å². The topological polar surface area (TPSA) is 63.0 Å². The molecule has 1 N–H and O–H groups in total. The lowest BCUT2D eigenvalue weighted by molar-refractivity contribution is 0.798. The quantitative estimate of drug-likeness (QED) is 0.752. The number of aromatic amines is 1. The Bertz CT molecular complexity index is 750. The molecule has 1 aromatic carbocycles. The molecule has 3 aromatic rings. The number of nitrogens with zero attached hydrogens (tertiary/aromatic N) is 3. The van der Waals surface area contributed by atoms with Crippen LogP contribution in [0.1, 0.15) is 16.1 Å². The van der Waals surface area contributed by atoms with E-state index in [2.05, 4.69) is 43.4 Å². The van der Waals surface area contributed by atoms with Crippen LogP contribution in [0.15, 0.2) is 47.3 Å². The Morgan fingerprint density at radius 3 is 2.79 bits per heavy atom. The van der Waals surface area contributed by atoms with E-state index in [0.29, 0.717) is 12.1 Å². The third kappa shape index (κ3) is 2.44. The summed E-state index contributed by atoms with van der Waals surface area (Å²) in [7, 11) is 0. The van der Waals surface area contributed by atoms with Crippen LogP contribution in [0.4, 0.5) is 0 Å². The number of benzene rings is 1. The lowest BCUT2D eigenvalue weighted by Crippen LogP contribution is -2.14. The van der Waals surface area contributed by atoms with E-state index in [9.17, 15) is 4.79 Å². The summed E-state index contributed by atoms with van der Waals surface area (Å²) in [5.41, 5.74) is 2.23. The average Bonchev–Trinajstić information content (AvgIpc) is 2.81. The van der Waals surface area contributed by atoms with Crippen LogP contribution in [0.2, 0.25) is 0 Å². The fourth-order valence-electron chi connectivity index (χ4n) is 1.91. The minimum absolute atomic E-state index is 0.168. The molecule has 19 heavy (non-hydrogen) atoms. The molecule has 2 heterocycles. The van der Waals surface area contributed by atoms with Crippen molar-refractivity contribution in [3.8, 4) is 0 Å². The number of alkyl halides is 1. The van der Waals surface area contributed by atoms with Crippen LogP contribution >= 0.6 is 15.9 Å². The lowest BCUT2D eigenvalue weighted by Gasteiger charge is -2.09. The van der Waals surface area contributed by atoms with Crippen molar-refractivity contribution in [1.82, 2.24) is 19.8 Å². The Labute approximate surface area is 117 Å². The first-order valence-electron chi connectivity index (χ1n) is 5.86. The van der Waals surface area contributed by atoms with Crippen molar-refractivity contribution in [3.63, 3.8) is 0 Å². The lowest BCUT2D eigenvalue weighted by atomic mass is 10.1. The Hall–Kier alpha value is -1.95. The van der Waals surface area contributed by atoms with Crippen LogP contribution < -0.4 is 5.69 Å². The maximum absolute atomic E-state index is 11.5. The summed E-state index contributed by atoms with van der Waals surface area (Å²) in [5, 5.41) is 10.5. The van der Waals surface area contributed by atoms with Gasteiger partial charge in [0.2, 0.25) is 0 Å². The second-order valence-corrected chi connectivity index (χ2v) is 5.31. The first kappa shape index (κ1) is 12.1. The molecule has 6 heteroatoms. The van der Waals surface area contributed by atoms with E-state index in [1.807, 2.05) is 24.3 Å². The number of halogens is 1. The van der Waals surface area contributed by atoms with Gasteiger partial charge in [-0.05, 0) is 17.7 Å². The van der Waals surface area contributed by atoms with Crippen molar-refractivity contribution in [2.75, 3.05) is 0 Å². The highest BCUT2D eigenvalue weighted by atomic mass is 79.9. The zero-order valence-corrected chi connectivity index (χ0v) is 11.5. The fourth-order valence-corrected chi connectivity index (χ4v) is 2.55. The van der Waals surface area contributed by atoms with Gasteiger partial charge in [0, 0.05) is 11.2 Å². The predicted molar refractivity (Wildman–Crippen MR) is 75.4 cm³/mol. The van der Waals surface area contributed by atoms with Crippen LogP contribution in [0.25, 0.3) is 5.65 Å². The highest BCUT2D eigenvalue weighted by Gasteiger charge is 2.10. The maximum atomic E-state index is 11.5.